The number of hydrogen-bond acceptors (Lipinski definition) is 5. The average Bonchev–Trinajstić information content (AvgIpc) is 2.89. The smallest absolute Gasteiger partial charge is 0.200 e. The molecule has 4 aromatic rings. The van der Waals surface area contributed by atoms with Gasteiger partial charge in [-0.15, -0.1) is 0 Å². The van der Waals surface area contributed by atoms with Gasteiger partial charge in [-0.2, -0.15) is 0 Å². The predicted molar refractivity (Wildman–Crippen MR) is 131 cm³/mol. The minimum atomic E-state index is -0.317. The zero-order valence-electron chi connectivity index (χ0n) is 19.2. The molecule has 1 aliphatic heterocycles. The molecule has 0 bridgehead atoms. The van der Waals surface area contributed by atoms with E-state index >= 15 is 0 Å². The highest BCUT2D eigenvalue weighted by atomic mass is 16.6. The highest BCUT2D eigenvalue weighted by Gasteiger charge is 2.21. The summed E-state index contributed by atoms with van der Waals surface area (Å²) >= 11 is 0. The second-order valence-electron chi connectivity index (χ2n) is 8.24. The van der Waals surface area contributed by atoms with E-state index in [0.717, 1.165) is 23.3 Å². The molecule has 0 N–H and O–H groups in total. The zero-order chi connectivity index (χ0) is 23.7. The number of carbonyl (C=O) groups is 1. The van der Waals surface area contributed by atoms with Crippen LogP contribution in [-0.4, -0.2) is 30.7 Å². The Morgan fingerprint density at radius 2 is 1.59 bits per heavy atom. The van der Waals surface area contributed by atoms with Crippen molar-refractivity contribution in [2.45, 2.75) is 19.9 Å². The SMILES string of the molecule is CCc1ccc(C(=O)c2cn(Cc3ccc(OC)cc3)c3cc4c(cc3c2=O)OCCO4)cc1. The fourth-order valence-corrected chi connectivity index (χ4v) is 4.19. The van der Waals surface area contributed by atoms with Crippen molar-refractivity contribution in [2.24, 2.45) is 0 Å². The fraction of sp³-hybridized carbons (Fsp3) is 0.214. The molecule has 6 heteroatoms. The van der Waals surface area contributed by atoms with Crippen molar-refractivity contribution in [3.8, 4) is 17.2 Å². The monoisotopic (exact) mass is 455 g/mol. The number of ether oxygens (including phenoxy) is 3. The molecule has 0 radical (unpaired) electrons. The Kier molecular flexibility index (Phi) is 5.80. The zero-order valence-corrected chi connectivity index (χ0v) is 19.2. The van der Waals surface area contributed by atoms with Crippen LogP contribution in [0.5, 0.6) is 17.2 Å². The Morgan fingerprint density at radius 3 is 2.24 bits per heavy atom. The highest BCUT2D eigenvalue weighted by Crippen LogP contribution is 2.34. The van der Waals surface area contributed by atoms with Crippen LogP contribution in [0.15, 0.2) is 71.7 Å². The molecule has 6 nitrogen and oxygen atoms in total. The molecule has 0 spiro atoms. The third kappa shape index (κ3) is 4.03. The summed E-state index contributed by atoms with van der Waals surface area (Å²) in [4.78, 5) is 26.9. The van der Waals surface area contributed by atoms with Crippen molar-refractivity contribution in [1.82, 2.24) is 4.57 Å². The van der Waals surface area contributed by atoms with Crippen LogP contribution in [0.4, 0.5) is 0 Å². The largest absolute Gasteiger partial charge is 0.497 e. The van der Waals surface area contributed by atoms with Gasteiger partial charge in [0.15, 0.2) is 17.3 Å². The lowest BCUT2D eigenvalue weighted by molar-refractivity contribution is 0.103. The standard InChI is InChI=1S/C28H25NO5/c1-3-18-4-8-20(9-5-18)27(30)23-17-29(16-19-6-10-21(32-2)11-7-19)24-15-26-25(33-12-13-34-26)14-22(24)28(23)31/h4-11,14-15,17H,3,12-13,16H2,1-2H3. The van der Waals surface area contributed by atoms with Crippen molar-refractivity contribution in [3.63, 3.8) is 0 Å². The van der Waals surface area contributed by atoms with Gasteiger partial charge in [-0.05, 0) is 35.7 Å². The second kappa shape index (κ2) is 9.06. The predicted octanol–water partition coefficient (Wildman–Crippen LogP) is 4.62. The molecule has 2 heterocycles. The minimum absolute atomic E-state index is 0.127. The van der Waals surface area contributed by atoms with E-state index in [-0.39, 0.29) is 16.8 Å². The number of carbonyl (C=O) groups excluding carboxylic acids is 1. The second-order valence-corrected chi connectivity index (χ2v) is 8.24. The number of fused-ring (bicyclic) bond motifs is 2. The van der Waals surface area contributed by atoms with Crippen LogP contribution in [0.1, 0.15) is 34.0 Å². The van der Waals surface area contributed by atoms with Crippen molar-refractivity contribution in [2.75, 3.05) is 20.3 Å². The average molecular weight is 456 g/mol. The summed E-state index contributed by atoms with van der Waals surface area (Å²) < 4.78 is 18.6. The number of pyridine rings is 1. The molecule has 3 aromatic carbocycles. The van der Waals surface area contributed by atoms with Crippen molar-refractivity contribution in [1.29, 1.82) is 0 Å². The van der Waals surface area contributed by atoms with Gasteiger partial charge in [-0.3, -0.25) is 9.59 Å². The number of ketones is 1. The molecular weight excluding hydrogens is 430 g/mol. The fourth-order valence-electron chi connectivity index (χ4n) is 4.19. The Morgan fingerprint density at radius 1 is 0.941 bits per heavy atom. The number of nitrogens with zero attached hydrogens (tertiary/aromatic N) is 1. The molecular formula is C28H25NO5. The molecule has 0 saturated heterocycles. The van der Waals surface area contributed by atoms with Gasteiger partial charge in [0.05, 0.1) is 23.6 Å². The maximum atomic E-state index is 13.5. The molecule has 0 atom stereocenters. The molecule has 34 heavy (non-hydrogen) atoms. The van der Waals surface area contributed by atoms with Crippen LogP contribution in [0.3, 0.4) is 0 Å². The summed E-state index contributed by atoms with van der Waals surface area (Å²) in [6.07, 6.45) is 2.54. The topological polar surface area (TPSA) is 66.8 Å². The molecule has 0 aliphatic carbocycles. The summed E-state index contributed by atoms with van der Waals surface area (Å²) in [5.74, 6) is 1.58. The maximum absolute atomic E-state index is 13.5. The van der Waals surface area contributed by atoms with Gasteiger partial charge in [0.1, 0.15) is 19.0 Å². The lowest BCUT2D eigenvalue weighted by Gasteiger charge is -2.21. The lowest BCUT2D eigenvalue weighted by atomic mass is 10.00. The third-order valence-corrected chi connectivity index (χ3v) is 6.13. The number of rotatable bonds is 6. The van der Waals surface area contributed by atoms with E-state index < -0.39 is 0 Å². The number of aromatic nitrogens is 1. The first-order valence-corrected chi connectivity index (χ1v) is 11.3. The number of aryl methyl sites for hydroxylation is 1. The van der Waals surface area contributed by atoms with Gasteiger partial charge in [-0.25, -0.2) is 0 Å². The van der Waals surface area contributed by atoms with E-state index in [4.69, 9.17) is 14.2 Å². The van der Waals surface area contributed by atoms with Crippen molar-refractivity contribution in [3.05, 3.63) is 99.3 Å². The first kappa shape index (κ1) is 21.8. The van der Waals surface area contributed by atoms with Gasteiger partial charge in [0.2, 0.25) is 5.43 Å². The van der Waals surface area contributed by atoms with Gasteiger partial charge in [-0.1, -0.05) is 43.3 Å². The molecule has 0 amide bonds. The first-order chi connectivity index (χ1) is 16.6. The lowest BCUT2D eigenvalue weighted by Crippen LogP contribution is -2.21. The Bertz CT molecular complexity index is 1420. The first-order valence-electron chi connectivity index (χ1n) is 11.3. The summed E-state index contributed by atoms with van der Waals surface area (Å²) in [5, 5.41) is 0.425. The van der Waals surface area contributed by atoms with Crippen LogP contribution in [-0.2, 0) is 13.0 Å². The van der Waals surface area contributed by atoms with Gasteiger partial charge in [0, 0.05) is 24.4 Å². The quantitative estimate of drug-likeness (QED) is 0.397. The van der Waals surface area contributed by atoms with Crippen LogP contribution in [0, 0.1) is 0 Å². The van der Waals surface area contributed by atoms with Crippen molar-refractivity contribution < 1.29 is 19.0 Å². The van der Waals surface area contributed by atoms with Crippen molar-refractivity contribution >= 4 is 16.7 Å². The molecule has 1 aliphatic rings. The molecule has 5 rings (SSSR count). The Hall–Kier alpha value is -4.06. The van der Waals surface area contributed by atoms with Crippen LogP contribution in [0.25, 0.3) is 10.9 Å². The van der Waals surface area contributed by atoms with E-state index in [1.54, 1.807) is 31.5 Å². The summed E-state index contributed by atoms with van der Waals surface area (Å²) in [6.45, 7) is 3.40. The normalized spacial score (nSPS) is 12.5. The van der Waals surface area contributed by atoms with E-state index in [9.17, 15) is 9.59 Å². The highest BCUT2D eigenvalue weighted by molar-refractivity contribution is 6.10. The molecule has 0 unspecified atom stereocenters. The van der Waals surface area contributed by atoms with E-state index in [0.29, 0.717) is 47.7 Å². The number of methoxy groups -OCH3 is 1. The van der Waals surface area contributed by atoms with Crippen LogP contribution >= 0.6 is 0 Å². The Balaban J connectivity index is 1.66. The van der Waals surface area contributed by atoms with E-state index in [1.807, 2.05) is 47.0 Å². The minimum Gasteiger partial charge on any atom is -0.497 e. The molecule has 0 saturated carbocycles. The number of benzene rings is 3. The molecule has 0 fully saturated rings. The summed E-state index contributed by atoms with van der Waals surface area (Å²) in [7, 11) is 1.63. The van der Waals surface area contributed by atoms with Gasteiger partial charge >= 0.3 is 0 Å². The van der Waals surface area contributed by atoms with Crippen LogP contribution < -0.4 is 19.6 Å². The van der Waals surface area contributed by atoms with Gasteiger partial charge < -0.3 is 18.8 Å². The number of hydrogen-bond donors (Lipinski definition) is 0. The Labute approximate surface area is 197 Å². The van der Waals surface area contributed by atoms with E-state index in [1.165, 1.54) is 0 Å². The van der Waals surface area contributed by atoms with Gasteiger partial charge in [0.25, 0.3) is 0 Å². The molecule has 172 valence electrons. The molecule has 1 aromatic heterocycles. The van der Waals surface area contributed by atoms with Crippen LogP contribution in [0.2, 0.25) is 0 Å². The summed E-state index contributed by atoms with van der Waals surface area (Å²) in [5.41, 5.74) is 3.12. The summed E-state index contributed by atoms with van der Waals surface area (Å²) in [6, 6.07) is 18.6. The third-order valence-electron chi connectivity index (χ3n) is 6.13. The van der Waals surface area contributed by atoms with E-state index in [2.05, 4.69) is 6.92 Å². The maximum Gasteiger partial charge on any atom is 0.200 e.